The van der Waals surface area contributed by atoms with Crippen molar-refractivity contribution in [3.63, 3.8) is 0 Å². The lowest BCUT2D eigenvalue weighted by molar-refractivity contribution is 0.120. The standard InChI is InChI=1S/C12H15F5O4Si/c1-18-22(19-2,20-3)6-4-5-21-12-10(16)8(14)7(13)9(15)11(12)17/h4-6H2,1-3H3. The fraction of sp³-hybridized carbons (Fsp3) is 0.500. The molecule has 0 amide bonds. The van der Waals surface area contributed by atoms with Crippen LogP contribution in [0.4, 0.5) is 22.0 Å². The van der Waals surface area contributed by atoms with Gasteiger partial charge in [0.15, 0.2) is 5.75 Å². The Hall–Kier alpha value is -1.23. The molecule has 1 rings (SSSR count). The molecule has 0 spiro atoms. The van der Waals surface area contributed by atoms with E-state index >= 15 is 0 Å². The molecule has 0 N–H and O–H groups in total. The lowest BCUT2D eigenvalue weighted by Gasteiger charge is -2.24. The van der Waals surface area contributed by atoms with Crippen LogP contribution in [0.15, 0.2) is 0 Å². The maximum absolute atomic E-state index is 13.4. The molecule has 0 fully saturated rings. The molecule has 0 aliphatic carbocycles. The number of benzene rings is 1. The van der Waals surface area contributed by atoms with Crippen molar-refractivity contribution < 1.29 is 40.0 Å². The molecular formula is C12H15F5O4Si. The maximum Gasteiger partial charge on any atom is 0.500 e. The van der Waals surface area contributed by atoms with Gasteiger partial charge in [-0.2, -0.15) is 8.78 Å². The van der Waals surface area contributed by atoms with Gasteiger partial charge in [-0.1, -0.05) is 0 Å². The minimum absolute atomic E-state index is 0.168. The average Bonchev–Trinajstić information content (AvgIpc) is 2.54. The Balaban J connectivity index is 2.74. The molecule has 0 radical (unpaired) electrons. The van der Waals surface area contributed by atoms with Crippen molar-refractivity contribution >= 4 is 8.80 Å². The number of hydrogen-bond donors (Lipinski definition) is 0. The first-order valence-electron chi connectivity index (χ1n) is 6.13. The second-order valence-corrected chi connectivity index (χ2v) is 7.24. The van der Waals surface area contributed by atoms with Crippen molar-refractivity contribution in [1.82, 2.24) is 0 Å². The molecule has 0 unspecified atom stereocenters. The van der Waals surface area contributed by atoms with Crippen LogP contribution in [0.25, 0.3) is 0 Å². The minimum Gasteiger partial charge on any atom is -0.487 e. The topological polar surface area (TPSA) is 36.9 Å². The molecule has 0 saturated heterocycles. The van der Waals surface area contributed by atoms with Crippen molar-refractivity contribution in [2.75, 3.05) is 27.9 Å². The van der Waals surface area contributed by atoms with Crippen LogP contribution in [0, 0.1) is 29.1 Å². The van der Waals surface area contributed by atoms with E-state index in [1.807, 2.05) is 0 Å². The fourth-order valence-electron chi connectivity index (χ4n) is 1.73. The minimum atomic E-state index is -2.89. The van der Waals surface area contributed by atoms with Crippen molar-refractivity contribution in [3.05, 3.63) is 29.1 Å². The van der Waals surface area contributed by atoms with E-state index in [1.54, 1.807) is 0 Å². The van der Waals surface area contributed by atoms with Crippen LogP contribution in [0.2, 0.25) is 6.04 Å². The molecule has 0 bridgehead atoms. The van der Waals surface area contributed by atoms with Gasteiger partial charge in [0.2, 0.25) is 29.1 Å². The Morgan fingerprint density at radius 2 is 1.14 bits per heavy atom. The molecular weight excluding hydrogens is 331 g/mol. The molecule has 1 aromatic rings. The zero-order chi connectivity index (χ0) is 16.9. The summed E-state index contributed by atoms with van der Waals surface area (Å²) in [5.74, 6) is -11.7. The summed E-state index contributed by atoms with van der Waals surface area (Å²) in [4.78, 5) is 0. The van der Waals surface area contributed by atoms with Gasteiger partial charge in [-0.3, -0.25) is 0 Å². The zero-order valence-corrected chi connectivity index (χ0v) is 13.1. The quantitative estimate of drug-likeness (QED) is 0.238. The van der Waals surface area contributed by atoms with E-state index in [9.17, 15) is 22.0 Å². The highest BCUT2D eigenvalue weighted by molar-refractivity contribution is 6.60. The first-order chi connectivity index (χ1) is 10.3. The van der Waals surface area contributed by atoms with Crippen LogP contribution in [0.3, 0.4) is 0 Å². The molecule has 0 atom stereocenters. The van der Waals surface area contributed by atoms with E-state index in [-0.39, 0.29) is 19.1 Å². The van der Waals surface area contributed by atoms with Gasteiger partial charge in [0.1, 0.15) is 0 Å². The van der Waals surface area contributed by atoms with Gasteiger partial charge in [-0.15, -0.1) is 0 Å². The van der Waals surface area contributed by atoms with E-state index in [0.717, 1.165) is 0 Å². The summed E-state index contributed by atoms with van der Waals surface area (Å²) in [6.07, 6.45) is 0.168. The summed E-state index contributed by atoms with van der Waals surface area (Å²) in [7, 11) is 1.25. The second-order valence-electron chi connectivity index (χ2n) is 4.15. The van der Waals surface area contributed by atoms with E-state index in [4.69, 9.17) is 13.3 Å². The predicted molar refractivity (Wildman–Crippen MR) is 67.9 cm³/mol. The van der Waals surface area contributed by atoms with Crippen molar-refractivity contribution in [2.45, 2.75) is 12.5 Å². The Kier molecular flexibility index (Phi) is 6.72. The Morgan fingerprint density at radius 1 is 0.727 bits per heavy atom. The largest absolute Gasteiger partial charge is 0.500 e. The van der Waals surface area contributed by atoms with E-state index in [1.165, 1.54) is 21.3 Å². The van der Waals surface area contributed by atoms with E-state index in [0.29, 0.717) is 0 Å². The van der Waals surface area contributed by atoms with Crippen molar-refractivity contribution in [3.8, 4) is 5.75 Å². The SMILES string of the molecule is CO[Si](CCCOc1c(F)c(F)c(F)c(F)c1F)(OC)OC. The lowest BCUT2D eigenvalue weighted by atomic mass is 10.2. The van der Waals surface area contributed by atoms with Gasteiger partial charge in [0, 0.05) is 27.4 Å². The van der Waals surface area contributed by atoms with Gasteiger partial charge >= 0.3 is 8.80 Å². The van der Waals surface area contributed by atoms with Gasteiger partial charge < -0.3 is 18.0 Å². The third-order valence-electron chi connectivity index (χ3n) is 2.98. The van der Waals surface area contributed by atoms with Crippen LogP contribution in [-0.4, -0.2) is 36.7 Å². The Morgan fingerprint density at radius 3 is 1.55 bits per heavy atom. The highest BCUT2D eigenvalue weighted by Gasteiger charge is 2.37. The zero-order valence-electron chi connectivity index (χ0n) is 12.1. The van der Waals surface area contributed by atoms with Crippen LogP contribution in [0.1, 0.15) is 6.42 Å². The van der Waals surface area contributed by atoms with Gasteiger partial charge in [0.05, 0.1) is 6.61 Å². The molecule has 0 aliphatic heterocycles. The smallest absolute Gasteiger partial charge is 0.487 e. The summed E-state index contributed by atoms with van der Waals surface area (Å²) in [5.41, 5.74) is 0. The molecule has 22 heavy (non-hydrogen) atoms. The van der Waals surface area contributed by atoms with Crippen LogP contribution in [-0.2, 0) is 13.3 Å². The van der Waals surface area contributed by atoms with Gasteiger partial charge in [0.25, 0.3) is 0 Å². The molecule has 0 aromatic heterocycles. The third-order valence-corrected chi connectivity index (χ3v) is 5.81. The van der Waals surface area contributed by atoms with Crippen LogP contribution >= 0.6 is 0 Å². The highest BCUT2D eigenvalue weighted by atomic mass is 28.4. The average molecular weight is 346 g/mol. The molecule has 10 heteroatoms. The molecule has 4 nitrogen and oxygen atoms in total. The predicted octanol–water partition coefficient (Wildman–Crippen LogP) is 3.03. The maximum atomic E-state index is 13.4. The highest BCUT2D eigenvalue weighted by Crippen LogP contribution is 2.29. The summed E-state index contributed by atoms with van der Waals surface area (Å²) in [6, 6.07) is 0.242. The monoisotopic (exact) mass is 346 g/mol. The van der Waals surface area contributed by atoms with Crippen LogP contribution < -0.4 is 4.74 Å². The third kappa shape index (κ3) is 3.75. The summed E-state index contributed by atoms with van der Waals surface area (Å²) in [6.45, 7) is -0.302. The van der Waals surface area contributed by atoms with Crippen molar-refractivity contribution in [2.24, 2.45) is 0 Å². The Labute approximate surface area is 125 Å². The molecule has 0 aliphatic rings. The number of rotatable bonds is 8. The molecule has 0 saturated carbocycles. The second kappa shape index (κ2) is 7.86. The van der Waals surface area contributed by atoms with Gasteiger partial charge in [-0.05, 0) is 6.42 Å². The molecule has 1 aromatic carbocycles. The molecule has 126 valence electrons. The first-order valence-corrected chi connectivity index (χ1v) is 8.06. The number of ether oxygens (including phenoxy) is 1. The Bertz CT molecular complexity index is 487. The van der Waals surface area contributed by atoms with Crippen molar-refractivity contribution in [1.29, 1.82) is 0 Å². The fourth-order valence-corrected chi connectivity index (χ4v) is 3.42. The van der Waals surface area contributed by atoms with E-state index < -0.39 is 43.6 Å². The normalized spacial score (nSPS) is 11.8. The van der Waals surface area contributed by atoms with Gasteiger partial charge in [-0.25, -0.2) is 13.2 Å². The number of halogens is 5. The van der Waals surface area contributed by atoms with E-state index in [2.05, 4.69) is 4.74 Å². The summed E-state index contributed by atoms with van der Waals surface area (Å²) < 4.78 is 85.5. The summed E-state index contributed by atoms with van der Waals surface area (Å²) >= 11 is 0. The summed E-state index contributed by atoms with van der Waals surface area (Å²) in [5, 5.41) is 0. The lowest BCUT2D eigenvalue weighted by Crippen LogP contribution is -2.42. The number of hydrogen-bond acceptors (Lipinski definition) is 4. The molecule has 0 heterocycles. The van der Waals surface area contributed by atoms with Crippen LogP contribution in [0.5, 0.6) is 5.75 Å². The first kappa shape index (κ1) is 18.8.